The number of carbonyl (C=O) groups excluding carboxylic acids is 1. The SMILES string of the molecule is O=C(NCc1ccc(-c2ccoc2)o1)c1cccs1. The molecule has 3 rings (SSSR count). The van der Waals surface area contributed by atoms with E-state index >= 15 is 0 Å². The first-order valence-corrected chi connectivity index (χ1v) is 6.64. The van der Waals surface area contributed by atoms with E-state index in [1.807, 2.05) is 29.6 Å². The van der Waals surface area contributed by atoms with Gasteiger partial charge in [-0.15, -0.1) is 11.3 Å². The lowest BCUT2D eigenvalue weighted by Gasteiger charge is -2.00. The molecule has 0 aliphatic rings. The second-order valence-electron chi connectivity index (χ2n) is 3.94. The number of hydrogen-bond donors (Lipinski definition) is 1. The van der Waals surface area contributed by atoms with Crippen molar-refractivity contribution in [2.75, 3.05) is 0 Å². The van der Waals surface area contributed by atoms with Crippen LogP contribution >= 0.6 is 11.3 Å². The molecule has 1 N–H and O–H groups in total. The van der Waals surface area contributed by atoms with Gasteiger partial charge in [0.2, 0.25) is 0 Å². The summed E-state index contributed by atoms with van der Waals surface area (Å²) in [4.78, 5) is 12.5. The van der Waals surface area contributed by atoms with Gasteiger partial charge in [0.15, 0.2) is 0 Å². The molecule has 0 saturated carbocycles. The van der Waals surface area contributed by atoms with Crippen LogP contribution in [0.4, 0.5) is 0 Å². The Labute approximate surface area is 113 Å². The minimum absolute atomic E-state index is 0.0868. The highest BCUT2D eigenvalue weighted by Gasteiger charge is 2.09. The van der Waals surface area contributed by atoms with Crippen molar-refractivity contribution in [3.63, 3.8) is 0 Å². The van der Waals surface area contributed by atoms with E-state index in [2.05, 4.69) is 5.32 Å². The lowest BCUT2D eigenvalue weighted by molar-refractivity contribution is 0.0952. The quantitative estimate of drug-likeness (QED) is 0.791. The zero-order chi connectivity index (χ0) is 13.1. The first kappa shape index (κ1) is 11.8. The number of thiophene rings is 1. The first-order chi connectivity index (χ1) is 9.33. The molecule has 19 heavy (non-hydrogen) atoms. The third kappa shape index (κ3) is 2.61. The molecule has 0 saturated heterocycles. The maximum Gasteiger partial charge on any atom is 0.261 e. The van der Waals surface area contributed by atoms with Crippen molar-refractivity contribution in [3.8, 4) is 11.3 Å². The highest BCUT2D eigenvalue weighted by Crippen LogP contribution is 2.22. The number of carbonyl (C=O) groups is 1. The van der Waals surface area contributed by atoms with Crippen molar-refractivity contribution < 1.29 is 13.6 Å². The Hall–Kier alpha value is -2.27. The Bertz CT molecular complexity index is 653. The van der Waals surface area contributed by atoms with E-state index in [0.717, 1.165) is 11.3 Å². The lowest BCUT2D eigenvalue weighted by atomic mass is 10.3. The molecule has 3 aromatic heterocycles. The molecule has 0 bridgehead atoms. The predicted molar refractivity (Wildman–Crippen MR) is 71.9 cm³/mol. The Morgan fingerprint density at radius 1 is 1.26 bits per heavy atom. The van der Waals surface area contributed by atoms with Crippen LogP contribution in [-0.2, 0) is 6.54 Å². The van der Waals surface area contributed by atoms with E-state index in [1.54, 1.807) is 18.6 Å². The van der Waals surface area contributed by atoms with E-state index in [4.69, 9.17) is 8.83 Å². The molecule has 3 aromatic rings. The molecule has 5 heteroatoms. The third-order valence-corrected chi connectivity index (χ3v) is 3.50. The van der Waals surface area contributed by atoms with Crippen LogP contribution in [0.25, 0.3) is 11.3 Å². The summed E-state index contributed by atoms with van der Waals surface area (Å²) < 4.78 is 10.6. The van der Waals surface area contributed by atoms with Gasteiger partial charge in [0.05, 0.1) is 23.2 Å². The molecule has 0 radical (unpaired) electrons. The van der Waals surface area contributed by atoms with Gasteiger partial charge >= 0.3 is 0 Å². The molecule has 0 aromatic carbocycles. The van der Waals surface area contributed by atoms with Crippen LogP contribution in [0.15, 0.2) is 57.1 Å². The number of amides is 1. The summed E-state index contributed by atoms with van der Waals surface area (Å²) in [6.07, 6.45) is 3.21. The van der Waals surface area contributed by atoms with Crippen LogP contribution in [0.1, 0.15) is 15.4 Å². The van der Waals surface area contributed by atoms with E-state index < -0.39 is 0 Å². The van der Waals surface area contributed by atoms with E-state index in [-0.39, 0.29) is 5.91 Å². The summed E-state index contributed by atoms with van der Waals surface area (Å²) >= 11 is 1.41. The summed E-state index contributed by atoms with van der Waals surface area (Å²) in [5.41, 5.74) is 0.885. The molecule has 0 atom stereocenters. The van der Waals surface area contributed by atoms with Crippen LogP contribution in [0.3, 0.4) is 0 Å². The standard InChI is InChI=1S/C14H11NO3S/c16-14(13-2-1-7-19-13)15-8-11-3-4-12(18-11)10-5-6-17-9-10/h1-7,9H,8H2,(H,15,16). The summed E-state index contributed by atoms with van der Waals surface area (Å²) in [5, 5.41) is 4.69. The summed E-state index contributed by atoms with van der Waals surface area (Å²) in [5.74, 6) is 1.35. The monoisotopic (exact) mass is 273 g/mol. The van der Waals surface area contributed by atoms with Gasteiger partial charge in [0.25, 0.3) is 5.91 Å². The Balaban J connectivity index is 1.63. The highest BCUT2D eigenvalue weighted by molar-refractivity contribution is 7.12. The Morgan fingerprint density at radius 3 is 2.95 bits per heavy atom. The van der Waals surface area contributed by atoms with Crippen LogP contribution in [0.5, 0.6) is 0 Å². The summed E-state index contributed by atoms with van der Waals surface area (Å²) in [6, 6.07) is 9.17. The number of rotatable bonds is 4. The van der Waals surface area contributed by atoms with Crippen molar-refractivity contribution >= 4 is 17.2 Å². The predicted octanol–water partition coefficient (Wildman–Crippen LogP) is 3.53. The van der Waals surface area contributed by atoms with Gasteiger partial charge in [-0.2, -0.15) is 0 Å². The van der Waals surface area contributed by atoms with Crippen molar-refractivity contribution in [3.05, 3.63) is 58.9 Å². The molecule has 0 unspecified atom stereocenters. The van der Waals surface area contributed by atoms with Gasteiger partial charge in [-0.1, -0.05) is 6.07 Å². The van der Waals surface area contributed by atoms with E-state index in [1.165, 1.54) is 11.3 Å². The Kier molecular flexibility index (Phi) is 3.20. The van der Waals surface area contributed by atoms with Gasteiger partial charge in [-0.05, 0) is 29.6 Å². The Morgan fingerprint density at radius 2 is 2.21 bits per heavy atom. The average Bonchev–Trinajstić information content (AvgIpc) is 3.14. The molecular weight excluding hydrogens is 262 g/mol. The number of nitrogens with one attached hydrogen (secondary N) is 1. The second-order valence-corrected chi connectivity index (χ2v) is 4.89. The van der Waals surface area contributed by atoms with Crippen LogP contribution in [-0.4, -0.2) is 5.91 Å². The fraction of sp³-hybridized carbons (Fsp3) is 0.0714. The largest absolute Gasteiger partial charge is 0.472 e. The molecule has 3 heterocycles. The van der Waals surface area contributed by atoms with Crippen molar-refractivity contribution in [1.82, 2.24) is 5.32 Å². The minimum atomic E-state index is -0.0868. The third-order valence-electron chi connectivity index (χ3n) is 2.64. The fourth-order valence-corrected chi connectivity index (χ4v) is 2.34. The number of furan rings is 2. The highest BCUT2D eigenvalue weighted by atomic mass is 32.1. The van der Waals surface area contributed by atoms with Gasteiger partial charge in [0.1, 0.15) is 17.8 Å². The maximum absolute atomic E-state index is 11.8. The fourth-order valence-electron chi connectivity index (χ4n) is 1.70. The zero-order valence-electron chi connectivity index (χ0n) is 9.96. The van der Waals surface area contributed by atoms with Crippen molar-refractivity contribution in [2.45, 2.75) is 6.54 Å². The van der Waals surface area contributed by atoms with Crippen molar-refractivity contribution in [1.29, 1.82) is 0 Å². The van der Waals surface area contributed by atoms with Crippen molar-refractivity contribution in [2.24, 2.45) is 0 Å². The van der Waals surface area contributed by atoms with Crippen LogP contribution in [0, 0.1) is 0 Å². The zero-order valence-corrected chi connectivity index (χ0v) is 10.8. The van der Waals surface area contributed by atoms with Gasteiger partial charge in [-0.25, -0.2) is 0 Å². The topological polar surface area (TPSA) is 55.4 Å². The molecule has 0 aliphatic carbocycles. The normalized spacial score (nSPS) is 10.5. The van der Waals surface area contributed by atoms with E-state index in [0.29, 0.717) is 17.2 Å². The summed E-state index contributed by atoms with van der Waals surface area (Å²) in [7, 11) is 0. The second kappa shape index (κ2) is 5.16. The molecule has 4 nitrogen and oxygen atoms in total. The molecular formula is C14H11NO3S. The van der Waals surface area contributed by atoms with Gasteiger partial charge in [0, 0.05) is 0 Å². The first-order valence-electron chi connectivity index (χ1n) is 5.76. The van der Waals surface area contributed by atoms with Crippen LogP contribution in [0.2, 0.25) is 0 Å². The van der Waals surface area contributed by atoms with E-state index in [9.17, 15) is 4.79 Å². The van der Waals surface area contributed by atoms with Crippen LogP contribution < -0.4 is 5.32 Å². The lowest BCUT2D eigenvalue weighted by Crippen LogP contribution is -2.21. The minimum Gasteiger partial charge on any atom is -0.472 e. The van der Waals surface area contributed by atoms with Gasteiger partial charge < -0.3 is 14.2 Å². The maximum atomic E-state index is 11.8. The average molecular weight is 273 g/mol. The van der Waals surface area contributed by atoms with Gasteiger partial charge in [-0.3, -0.25) is 4.79 Å². The molecule has 1 amide bonds. The molecule has 0 fully saturated rings. The molecule has 0 aliphatic heterocycles. The number of hydrogen-bond acceptors (Lipinski definition) is 4. The molecule has 96 valence electrons. The smallest absolute Gasteiger partial charge is 0.261 e. The molecule has 0 spiro atoms. The summed E-state index contributed by atoms with van der Waals surface area (Å²) in [6.45, 7) is 0.370.